The lowest BCUT2D eigenvalue weighted by molar-refractivity contribution is 0.248. The Labute approximate surface area is 161 Å². The molecule has 142 valence electrons. The van der Waals surface area contributed by atoms with Crippen molar-refractivity contribution in [2.75, 3.05) is 24.6 Å². The summed E-state index contributed by atoms with van der Waals surface area (Å²) in [6.07, 6.45) is 3.45. The van der Waals surface area contributed by atoms with Gasteiger partial charge in [-0.1, -0.05) is 25.2 Å². The smallest absolute Gasteiger partial charge is 0.231 e. The third-order valence-electron chi connectivity index (χ3n) is 5.15. The van der Waals surface area contributed by atoms with Crippen molar-refractivity contribution < 1.29 is 4.74 Å². The maximum Gasteiger partial charge on any atom is 0.231 e. The number of hydrogen-bond acceptors (Lipinski definition) is 8. The van der Waals surface area contributed by atoms with Crippen LogP contribution in [-0.4, -0.2) is 49.7 Å². The van der Waals surface area contributed by atoms with Crippen molar-refractivity contribution >= 4 is 22.1 Å². The summed E-state index contributed by atoms with van der Waals surface area (Å²) in [6, 6.07) is 3.81. The first-order chi connectivity index (χ1) is 13.2. The predicted molar refractivity (Wildman–Crippen MR) is 103 cm³/mol. The number of anilines is 1. The molecule has 3 aromatic rings. The summed E-state index contributed by atoms with van der Waals surface area (Å²) in [5, 5.41) is 23.8. The zero-order valence-electron chi connectivity index (χ0n) is 15.6. The van der Waals surface area contributed by atoms with Crippen LogP contribution in [0.4, 0.5) is 5.13 Å². The van der Waals surface area contributed by atoms with Crippen molar-refractivity contribution in [3.05, 3.63) is 23.0 Å². The van der Waals surface area contributed by atoms with Crippen molar-refractivity contribution in [2.24, 2.45) is 5.92 Å². The van der Waals surface area contributed by atoms with Gasteiger partial charge < -0.3 is 9.64 Å². The Kier molecular flexibility index (Phi) is 4.18. The highest BCUT2D eigenvalue weighted by Crippen LogP contribution is 2.38. The molecule has 8 nitrogen and oxygen atoms in total. The van der Waals surface area contributed by atoms with Crippen molar-refractivity contribution in [1.82, 2.24) is 30.0 Å². The van der Waals surface area contributed by atoms with Gasteiger partial charge >= 0.3 is 0 Å². The number of rotatable bonds is 6. The fourth-order valence-corrected chi connectivity index (χ4v) is 4.28. The van der Waals surface area contributed by atoms with Gasteiger partial charge in [-0.05, 0) is 25.3 Å². The topological polar surface area (TPSA) is 81.3 Å². The summed E-state index contributed by atoms with van der Waals surface area (Å²) in [5.74, 6) is 3.00. The van der Waals surface area contributed by atoms with Crippen LogP contribution in [-0.2, 0) is 0 Å². The zero-order valence-corrected chi connectivity index (χ0v) is 16.4. The summed E-state index contributed by atoms with van der Waals surface area (Å²) in [7, 11) is 0. The molecule has 0 aromatic carbocycles. The van der Waals surface area contributed by atoms with Gasteiger partial charge in [0.15, 0.2) is 11.5 Å². The standard InChI is InChI=1S/C18H23N7OS/c1-11(2)17-21-22-18(27-17)24-8-7-12(9-24)10-26-15-6-5-14-19-20-16(13-3-4-13)25(14)23-15/h5-6,11-13H,3-4,7-10H2,1-2H3. The highest BCUT2D eigenvalue weighted by Gasteiger charge is 2.30. The van der Waals surface area contributed by atoms with E-state index in [0.717, 1.165) is 41.1 Å². The van der Waals surface area contributed by atoms with E-state index in [0.29, 0.717) is 30.2 Å². The van der Waals surface area contributed by atoms with E-state index < -0.39 is 0 Å². The Morgan fingerprint density at radius 3 is 2.81 bits per heavy atom. The van der Waals surface area contributed by atoms with Gasteiger partial charge in [-0.25, -0.2) is 0 Å². The Bertz CT molecular complexity index is 948. The predicted octanol–water partition coefficient (Wildman–Crippen LogP) is 2.88. The average Bonchev–Trinajstić information content (AvgIpc) is 3.10. The normalized spacial score (nSPS) is 20.1. The fraction of sp³-hybridized carbons (Fsp3) is 0.611. The summed E-state index contributed by atoms with van der Waals surface area (Å²) >= 11 is 1.70. The van der Waals surface area contributed by atoms with Gasteiger partial charge in [-0.2, -0.15) is 4.52 Å². The van der Waals surface area contributed by atoms with E-state index >= 15 is 0 Å². The van der Waals surface area contributed by atoms with Crippen LogP contribution in [0.1, 0.15) is 55.8 Å². The van der Waals surface area contributed by atoms with Crippen LogP contribution in [0.5, 0.6) is 5.88 Å². The summed E-state index contributed by atoms with van der Waals surface area (Å²) in [4.78, 5) is 2.32. The van der Waals surface area contributed by atoms with E-state index in [1.807, 2.05) is 16.6 Å². The third kappa shape index (κ3) is 3.36. The van der Waals surface area contributed by atoms with Crippen LogP contribution < -0.4 is 9.64 Å². The minimum absolute atomic E-state index is 0.428. The lowest BCUT2D eigenvalue weighted by Crippen LogP contribution is -2.21. The maximum atomic E-state index is 6.00. The second-order valence-corrected chi connectivity index (χ2v) is 8.75. The molecule has 1 aliphatic carbocycles. The molecule has 0 radical (unpaired) electrons. The van der Waals surface area contributed by atoms with E-state index in [4.69, 9.17) is 4.74 Å². The molecule has 1 unspecified atom stereocenters. The van der Waals surface area contributed by atoms with Gasteiger partial charge in [0, 0.05) is 36.9 Å². The molecule has 1 atom stereocenters. The molecule has 1 saturated heterocycles. The van der Waals surface area contributed by atoms with Gasteiger partial charge in [-0.3, -0.25) is 0 Å². The van der Waals surface area contributed by atoms with Crippen LogP contribution in [0.15, 0.2) is 12.1 Å². The average molecular weight is 385 g/mol. The number of hydrogen-bond donors (Lipinski definition) is 0. The Balaban J connectivity index is 1.21. The molecule has 1 aliphatic heterocycles. The highest BCUT2D eigenvalue weighted by molar-refractivity contribution is 7.15. The lowest BCUT2D eigenvalue weighted by atomic mass is 10.1. The van der Waals surface area contributed by atoms with Crippen LogP contribution in [0, 0.1) is 5.92 Å². The molecule has 0 N–H and O–H groups in total. The van der Waals surface area contributed by atoms with E-state index in [9.17, 15) is 0 Å². The van der Waals surface area contributed by atoms with E-state index in [-0.39, 0.29) is 0 Å². The van der Waals surface area contributed by atoms with Crippen molar-refractivity contribution in [3.63, 3.8) is 0 Å². The molecular weight excluding hydrogens is 362 g/mol. The molecule has 0 spiro atoms. The molecule has 4 heterocycles. The zero-order chi connectivity index (χ0) is 18.4. The number of fused-ring (bicyclic) bond motifs is 1. The van der Waals surface area contributed by atoms with Crippen LogP contribution in [0.2, 0.25) is 0 Å². The molecule has 2 fully saturated rings. The van der Waals surface area contributed by atoms with Gasteiger partial charge in [0.05, 0.1) is 6.61 Å². The molecule has 27 heavy (non-hydrogen) atoms. The first-order valence-corrected chi connectivity index (χ1v) is 10.4. The largest absolute Gasteiger partial charge is 0.476 e. The number of nitrogens with zero attached hydrogens (tertiary/aromatic N) is 7. The Morgan fingerprint density at radius 1 is 1.15 bits per heavy atom. The van der Waals surface area contributed by atoms with E-state index in [2.05, 4.69) is 44.2 Å². The molecular formula is C18H23N7OS. The lowest BCUT2D eigenvalue weighted by Gasteiger charge is -2.14. The fourth-order valence-electron chi connectivity index (χ4n) is 3.39. The Morgan fingerprint density at radius 2 is 2.04 bits per heavy atom. The van der Waals surface area contributed by atoms with Gasteiger partial charge in [-0.15, -0.1) is 25.5 Å². The van der Waals surface area contributed by atoms with Gasteiger partial charge in [0.1, 0.15) is 5.01 Å². The van der Waals surface area contributed by atoms with Crippen LogP contribution >= 0.6 is 11.3 Å². The highest BCUT2D eigenvalue weighted by atomic mass is 32.1. The second-order valence-electron chi connectivity index (χ2n) is 7.76. The van der Waals surface area contributed by atoms with Crippen molar-refractivity contribution in [3.8, 4) is 5.88 Å². The van der Waals surface area contributed by atoms with E-state index in [1.54, 1.807) is 11.3 Å². The minimum atomic E-state index is 0.428. The van der Waals surface area contributed by atoms with Gasteiger partial charge in [0.2, 0.25) is 11.0 Å². The van der Waals surface area contributed by atoms with E-state index in [1.165, 1.54) is 12.8 Å². The molecule has 1 saturated carbocycles. The van der Waals surface area contributed by atoms with Crippen molar-refractivity contribution in [1.29, 1.82) is 0 Å². The SMILES string of the molecule is CC(C)c1nnc(N2CCC(COc3ccc4nnc(C5CC5)n4n3)C2)s1. The molecule has 5 rings (SSSR count). The molecule has 3 aromatic heterocycles. The first-order valence-electron chi connectivity index (χ1n) is 9.61. The van der Waals surface area contributed by atoms with Crippen LogP contribution in [0.25, 0.3) is 5.65 Å². The summed E-state index contributed by atoms with van der Waals surface area (Å²) < 4.78 is 7.84. The number of ether oxygens (including phenoxy) is 1. The molecule has 0 amide bonds. The van der Waals surface area contributed by atoms with Crippen LogP contribution in [0.3, 0.4) is 0 Å². The summed E-state index contributed by atoms with van der Waals surface area (Å²) in [5.41, 5.74) is 0.786. The molecule has 0 bridgehead atoms. The summed E-state index contributed by atoms with van der Waals surface area (Å²) in [6.45, 7) is 6.92. The first kappa shape index (κ1) is 16.9. The quantitative estimate of drug-likeness (QED) is 0.645. The maximum absolute atomic E-state index is 6.00. The second kappa shape index (κ2) is 6.70. The molecule has 9 heteroatoms. The minimum Gasteiger partial charge on any atom is -0.476 e. The van der Waals surface area contributed by atoms with Gasteiger partial charge in [0.25, 0.3) is 0 Å². The Hall–Kier alpha value is -2.29. The number of aromatic nitrogens is 6. The third-order valence-corrected chi connectivity index (χ3v) is 6.44. The molecule has 2 aliphatic rings. The monoisotopic (exact) mass is 385 g/mol. The van der Waals surface area contributed by atoms with Crippen molar-refractivity contribution in [2.45, 2.75) is 44.9 Å².